The van der Waals surface area contributed by atoms with Gasteiger partial charge in [-0.2, -0.15) is 0 Å². The van der Waals surface area contributed by atoms with E-state index >= 15 is 0 Å². The quantitative estimate of drug-likeness (QED) is 0.412. The molecule has 4 aliphatic carbocycles. The molecule has 0 heterocycles. The molecule has 0 aromatic heterocycles. The molecule has 2 N–H and O–H groups in total. The minimum atomic E-state index is -0.904. The van der Waals surface area contributed by atoms with E-state index in [0.717, 1.165) is 38.5 Å². The largest absolute Gasteiger partial charge is 0.467 e. The summed E-state index contributed by atoms with van der Waals surface area (Å²) in [4.78, 5) is 30.1. The maximum atomic E-state index is 12.5. The number of methoxy groups -OCH3 is 1. The van der Waals surface area contributed by atoms with Gasteiger partial charge in [0, 0.05) is 5.41 Å². The van der Waals surface area contributed by atoms with Gasteiger partial charge in [0.2, 0.25) is 0 Å². The zero-order chi connectivity index (χ0) is 27.1. The Morgan fingerprint density at radius 3 is 2.58 bits per heavy atom. The summed E-state index contributed by atoms with van der Waals surface area (Å²) in [6.45, 7) is 6.41. The Labute approximate surface area is 225 Å². The minimum Gasteiger partial charge on any atom is -0.467 e. The van der Waals surface area contributed by atoms with Crippen molar-refractivity contribution < 1.29 is 24.3 Å². The monoisotopic (exact) mass is 520 g/mol. The first kappa shape index (κ1) is 26.7. The summed E-state index contributed by atoms with van der Waals surface area (Å²) < 4.78 is 4.85. The van der Waals surface area contributed by atoms with Crippen LogP contribution in [0.4, 0.5) is 0 Å². The summed E-state index contributed by atoms with van der Waals surface area (Å²) in [6.07, 6.45) is 12.8. The Morgan fingerprint density at radius 1 is 1.11 bits per heavy atom. The standard InChI is InChI=1S/C31H40N2O5/c1-29-15-12-22(33-38-19-26(34)32-27(28(35)37-4)20-8-6-5-7-9-20)18-21(29)10-11-23-24(29)13-16-30(2)25(23)14-17-31(30,3)36/h5-9,12,15,18,23-25,27,36H,10-11,13-14,16-17,19H2,1-4H3,(H,32,34)/b33-22+/t23-,24+,25+,27+,29+,30+,31+/m1/s1. The number of nitrogens with one attached hydrogen (secondary N) is 1. The topological polar surface area (TPSA) is 97.2 Å². The summed E-state index contributed by atoms with van der Waals surface area (Å²) in [5.41, 5.74) is 2.13. The van der Waals surface area contributed by atoms with E-state index in [1.54, 1.807) is 24.3 Å². The van der Waals surface area contributed by atoms with Crippen molar-refractivity contribution in [3.8, 4) is 0 Å². The highest BCUT2D eigenvalue weighted by atomic mass is 16.6. The fourth-order valence-corrected chi connectivity index (χ4v) is 7.92. The van der Waals surface area contributed by atoms with E-state index in [1.165, 1.54) is 12.7 Å². The molecule has 0 radical (unpaired) electrons. The number of nitrogens with zero attached hydrogens (tertiary/aromatic N) is 1. The lowest BCUT2D eigenvalue weighted by Gasteiger charge is -2.58. The number of allylic oxidation sites excluding steroid dienone is 4. The maximum absolute atomic E-state index is 12.5. The second-order valence-electron chi connectivity index (χ2n) is 12.2. The van der Waals surface area contributed by atoms with Crippen LogP contribution in [-0.2, 0) is 19.2 Å². The molecule has 3 saturated carbocycles. The van der Waals surface area contributed by atoms with E-state index in [4.69, 9.17) is 9.57 Å². The number of carbonyl (C=O) groups excluding carboxylic acids is 2. The van der Waals surface area contributed by atoms with Crippen LogP contribution in [0.25, 0.3) is 0 Å². The Bertz CT molecular complexity index is 1170. The van der Waals surface area contributed by atoms with Gasteiger partial charge in [0.25, 0.3) is 5.91 Å². The molecule has 4 aliphatic rings. The van der Waals surface area contributed by atoms with Crippen molar-refractivity contribution in [2.45, 2.75) is 70.9 Å². The van der Waals surface area contributed by atoms with Crippen molar-refractivity contribution in [1.82, 2.24) is 5.32 Å². The number of benzene rings is 1. The van der Waals surface area contributed by atoms with Crippen LogP contribution in [-0.4, -0.2) is 42.0 Å². The number of fused-ring (bicyclic) bond motifs is 5. The van der Waals surface area contributed by atoms with E-state index < -0.39 is 23.5 Å². The van der Waals surface area contributed by atoms with E-state index in [0.29, 0.717) is 29.0 Å². The van der Waals surface area contributed by atoms with Crippen molar-refractivity contribution >= 4 is 17.6 Å². The highest BCUT2D eigenvalue weighted by Gasteiger charge is 2.61. The molecule has 7 atom stereocenters. The van der Waals surface area contributed by atoms with Crippen LogP contribution in [0.1, 0.15) is 70.9 Å². The minimum absolute atomic E-state index is 0.0124. The molecule has 0 saturated heterocycles. The van der Waals surface area contributed by atoms with Gasteiger partial charge in [-0.3, -0.25) is 4.79 Å². The van der Waals surface area contributed by atoms with Crippen molar-refractivity contribution in [1.29, 1.82) is 0 Å². The molecule has 1 aromatic carbocycles. The fourth-order valence-electron chi connectivity index (χ4n) is 7.92. The Morgan fingerprint density at radius 2 is 1.84 bits per heavy atom. The molecule has 7 heteroatoms. The number of hydrogen-bond acceptors (Lipinski definition) is 6. The predicted octanol–water partition coefficient (Wildman–Crippen LogP) is 4.88. The van der Waals surface area contributed by atoms with E-state index in [-0.39, 0.29) is 17.4 Å². The summed E-state index contributed by atoms with van der Waals surface area (Å²) >= 11 is 0. The summed E-state index contributed by atoms with van der Waals surface area (Å²) in [5.74, 6) is 0.760. The molecule has 0 aliphatic heterocycles. The number of aliphatic hydroxyl groups is 1. The molecule has 1 aromatic rings. The number of esters is 1. The average Bonchev–Trinajstić information content (AvgIpc) is 3.16. The molecule has 3 fully saturated rings. The zero-order valence-electron chi connectivity index (χ0n) is 22.9. The summed E-state index contributed by atoms with van der Waals surface area (Å²) in [6, 6.07) is 8.05. The van der Waals surface area contributed by atoms with Gasteiger partial charge in [0.15, 0.2) is 12.6 Å². The molecule has 0 unspecified atom stereocenters. The number of oxime groups is 1. The number of amides is 1. The Kier molecular flexibility index (Phi) is 7.01. The zero-order valence-corrected chi connectivity index (χ0v) is 22.9. The van der Waals surface area contributed by atoms with Crippen molar-refractivity contribution in [2.75, 3.05) is 13.7 Å². The number of carbonyl (C=O) groups is 2. The highest BCUT2D eigenvalue weighted by molar-refractivity contribution is 6.05. The first-order valence-electron chi connectivity index (χ1n) is 13.8. The Balaban J connectivity index is 1.22. The first-order valence-corrected chi connectivity index (χ1v) is 13.8. The van der Waals surface area contributed by atoms with Gasteiger partial charge in [-0.1, -0.05) is 61.0 Å². The smallest absolute Gasteiger partial charge is 0.333 e. The lowest BCUT2D eigenvalue weighted by atomic mass is 9.47. The van der Waals surface area contributed by atoms with Crippen LogP contribution >= 0.6 is 0 Å². The van der Waals surface area contributed by atoms with Crippen LogP contribution in [0.2, 0.25) is 0 Å². The normalized spacial score (nSPS) is 37.3. The van der Waals surface area contributed by atoms with Crippen LogP contribution in [0.3, 0.4) is 0 Å². The number of ether oxygens (including phenoxy) is 1. The average molecular weight is 521 g/mol. The summed E-state index contributed by atoms with van der Waals surface area (Å²) in [7, 11) is 1.29. The van der Waals surface area contributed by atoms with E-state index in [9.17, 15) is 14.7 Å². The maximum Gasteiger partial charge on any atom is 0.333 e. The summed E-state index contributed by atoms with van der Waals surface area (Å²) in [5, 5.41) is 18.0. The van der Waals surface area contributed by atoms with Gasteiger partial charge in [0.1, 0.15) is 5.71 Å². The van der Waals surface area contributed by atoms with Crippen molar-refractivity contribution in [3.05, 3.63) is 59.7 Å². The lowest BCUT2D eigenvalue weighted by molar-refractivity contribution is -0.145. The van der Waals surface area contributed by atoms with Crippen LogP contribution < -0.4 is 5.32 Å². The number of hydrogen-bond donors (Lipinski definition) is 2. The Hall–Kier alpha value is -2.93. The van der Waals surface area contributed by atoms with Crippen molar-refractivity contribution in [2.24, 2.45) is 33.7 Å². The molecule has 38 heavy (non-hydrogen) atoms. The van der Waals surface area contributed by atoms with Gasteiger partial charge in [-0.15, -0.1) is 0 Å². The second kappa shape index (κ2) is 9.99. The van der Waals surface area contributed by atoms with Gasteiger partial charge < -0.3 is 20.0 Å². The molecule has 1 amide bonds. The van der Waals surface area contributed by atoms with Crippen LogP contribution in [0, 0.1) is 28.6 Å². The number of rotatable bonds is 6. The van der Waals surface area contributed by atoms with Gasteiger partial charge >= 0.3 is 5.97 Å². The van der Waals surface area contributed by atoms with Crippen molar-refractivity contribution in [3.63, 3.8) is 0 Å². The predicted molar refractivity (Wildman–Crippen MR) is 145 cm³/mol. The second-order valence-corrected chi connectivity index (χ2v) is 12.2. The molecule has 5 rings (SSSR count). The SMILES string of the molecule is COC(=O)[C@@H](NC(=O)CO/N=C1\C=C[C@@]2(C)C(=C1)CC[C@@H]1[C@@H]2CC[C@@]2(C)[C@H]1CC[C@]2(C)O)c1ccccc1. The lowest BCUT2D eigenvalue weighted by Crippen LogP contribution is -2.53. The molecular weight excluding hydrogens is 480 g/mol. The van der Waals surface area contributed by atoms with Crippen LogP contribution in [0.15, 0.2) is 59.3 Å². The van der Waals surface area contributed by atoms with Gasteiger partial charge in [-0.05, 0) is 86.3 Å². The fraction of sp³-hybridized carbons (Fsp3) is 0.581. The van der Waals surface area contributed by atoms with Crippen LogP contribution in [0.5, 0.6) is 0 Å². The van der Waals surface area contributed by atoms with Gasteiger partial charge in [-0.25, -0.2) is 4.79 Å². The molecule has 0 spiro atoms. The first-order chi connectivity index (χ1) is 18.1. The van der Waals surface area contributed by atoms with E-state index in [1.807, 2.05) is 19.1 Å². The van der Waals surface area contributed by atoms with E-state index in [2.05, 4.69) is 36.5 Å². The molecule has 0 bridgehead atoms. The molecular formula is C31H40N2O5. The third-order valence-electron chi connectivity index (χ3n) is 10.4. The third kappa shape index (κ3) is 4.49. The molecule has 7 nitrogen and oxygen atoms in total. The molecule has 204 valence electrons. The van der Waals surface area contributed by atoms with Gasteiger partial charge in [0.05, 0.1) is 12.7 Å². The third-order valence-corrected chi connectivity index (χ3v) is 10.4. The highest BCUT2D eigenvalue weighted by Crippen LogP contribution is 2.66.